The fourth-order valence-corrected chi connectivity index (χ4v) is 3.63. The van der Waals surface area contributed by atoms with E-state index in [2.05, 4.69) is 17.1 Å². The van der Waals surface area contributed by atoms with Gasteiger partial charge in [-0.05, 0) is 26.8 Å². The van der Waals surface area contributed by atoms with E-state index in [1.54, 1.807) is 18.4 Å². The third-order valence-electron chi connectivity index (χ3n) is 3.50. The van der Waals surface area contributed by atoms with Crippen LogP contribution in [0.3, 0.4) is 0 Å². The number of aromatic nitrogens is 1. The molecule has 6 heteroatoms. The molecule has 1 aromatic rings. The highest BCUT2D eigenvalue weighted by Gasteiger charge is 2.22. The van der Waals surface area contributed by atoms with Crippen LogP contribution in [-0.2, 0) is 22.6 Å². The summed E-state index contributed by atoms with van der Waals surface area (Å²) in [7, 11) is 3.68. The molecule has 1 aliphatic rings. The van der Waals surface area contributed by atoms with Gasteiger partial charge in [-0.1, -0.05) is 0 Å². The Morgan fingerprint density at radius 3 is 2.75 bits per heavy atom. The maximum absolute atomic E-state index is 5.70. The summed E-state index contributed by atoms with van der Waals surface area (Å²) in [6.45, 7) is 6.38. The van der Waals surface area contributed by atoms with Crippen molar-refractivity contribution >= 4 is 16.5 Å². The third kappa shape index (κ3) is 3.91. The van der Waals surface area contributed by atoms with Gasteiger partial charge in [-0.15, -0.1) is 11.3 Å². The van der Waals surface area contributed by atoms with Crippen molar-refractivity contribution in [2.45, 2.75) is 39.0 Å². The molecule has 0 atom stereocenters. The molecule has 0 saturated carbocycles. The van der Waals surface area contributed by atoms with Crippen LogP contribution >= 0.6 is 11.3 Å². The van der Waals surface area contributed by atoms with E-state index < -0.39 is 0 Å². The van der Waals surface area contributed by atoms with Crippen molar-refractivity contribution in [1.29, 1.82) is 0 Å². The Labute approximate surface area is 125 Å². The van der Waals surface area contributed by atoms with E-state index in [-0.39, 0.29) is 0 Å². The van der Waals surface area contributed by atoms with Crippen LogP contribution in [0.15, 0.2) is 0 Å². The molecule has 0 spiro atoms. The second-order valence-electron chi connectivity index (χ2n) is 4.97. The highest BCUT2D eigenvalue weighted by molar-refractivity contribution is 7.15. The second kappa shape index (κ2) is 7.93. The molecule has 114 valence electrons. The van der Waals surface area contributed by atoms with Crippen molar-refractivity contribution in [3.63, 3.8) is 0 Å². The van der Waals surface area contributed by atoms with E-state index in [0.29, 0.717) is 12.7 Å². The largest absolute Gasteiger partial charge is 0.378 e. The molecular weight excluding hydrogens is 274 g/mol. The molecule has 0 unspecified atom stereocenters. The lowest BCUT2D eigenvalue weighted by molar-refractivity contribution is 0.0459. The number of piperidine rings is 1. The maximum atomic E-state index is 5.70. The fourth-order valence-electron chi connectivity index (χ4n) is 2.50. The molecular formula is C14H25N3O2S. The molecule has 20 heavy (non-hydrogen) atoms. The number of thiazole rings is 1. The summed E-state index contributed by atoms with van der Waals surface area (Å²) >= 11 is 1.78. The summed E-state index contributed by atoms with van der Waals surface area (Å²) in [6.07, 6.45) is 2.61. The molecule has 1 aromatic heterocycles. The van der Waals surface area contributed by atoms with E-state index in [0.717, 1.165) is 49.9 Å². The van der Waals surface area contributed by atoms with Crippen LogP contribution in [0.5, 0.6) is 0 Å². The summed E-state index contributed by atoms with van der Waals surface area (Å²) in [5.41, 5.74) is 1.06. The first-order chi connectivity index (χ1) is 9.78. The van der Waals surface area contributed by atoms with Crippen LogP contribution in [0.25, 0.3) is 0 Å². The van der Waals surface area contributed by atoms with Crippen LogP contribution < -0.4 is 10.2 Å². The number of nitrogens with one attached hydrogen (secondary N) is 1. The molecule has 1 N–H and O–H groups in total. The number of hydrogen-bond donors (Lipinski definition) is 1. The first-order valence-corrected chi connectivity index (χ1v) is 8.08. The van der Waals surface area contributed by atoms with Gasteiger partial charge < -0.3 is 19.7 Å². The first kappa shape index (κ1) is 15.7. The van der Waals surface area contributed by atoms with Crippen LogP contribution in [-0.4, -0.2) is 44.9 Å². The summed E-state index contributed by atoms with van der Waals surface area (Å²) in [5, 5.41) is 4.32. The molecule has 1 fully saturated rings. The Morgan fingerprint density at radius 1 is 1.40 bits per heavy atom. The number of nitrogens with zero attached hydrogens (tertiary/aromatic N) is 2. The molecule has 2 rings (SSSR count). The molecule has 5 nitrogen and oxygen atoms in total. The minimum Gasteiger partial charge on any atom is -0.378 e. The monoisotopic (exact) mass is 299 g/mol. The van der Waals surface area contributed by atoms with Gasteiger partial charge in [0.1, 0.15) is 0 Å². The molecule has 0 amide bonds. The number of anilines is 1. The number of ether oxygens (including phenoxy) is 2. The van der Waals surface area contributed by atoms with Crippen molar-refractivity contribution in [2.75, 3.05) is 38.8 Å². The Kier molecular flexibility index (Phi) is 6.22. The second-order valence-corrected chi connectivity index (χ2v) is 6.03. The molecule has 0 aromatic carbocycles. The van der Waals surface area contributed by atoms with E-state index in [9.17, 15) is 0 Å². The zero-order valence-corrected chi connectivity index (χ0v) is 13.5. The van der Waals surface area contributed by atoms with Gasteiger partial charge in [-0.3, -0.25) is 0 Å². The predicted octanol–water partition coefficient (Wildman–Crippen LogP) is 2.01. The van der Waals surface area contributed by atoms with Crippen LogP contribution in [0.1, 0.15) is 30.3 Å². The van der Waals surface area contributed by atoms with Crippen LogP contribution in [0.2, 0.25) is 0 Å². The Hall–Kier alpha value is -0.690. The van der Waals surface area contributed by atoms with Gasteiger partial charge in [0.05, 0.1) is 18.4 Å². The highest BCUT2D eigenvalue weighted by atomic mass is 32.1. The number of methoxy groups -OCH3 is 1. The van der Waals surface area contributed by atoms with Crippen molar-refractivity contribution in [2.24, 2.45) is 0 Å². The lowest BCUT2D eigenvalue weighted by atomic mass is 10.1. The van der Waals surface area contributed by atoms with E-state index in [1.807, 2.05) is 7.05 Å². The lowest BCUT2D eigenvalue weighted by Crippen LogP contribution is -2.37. The van der Waals surface area contributed by atoms with Gasteiger partial charge in [0.15, 0.2) is 5.13 Å². The van der Waals surface area contributed by atoms with Crippen molar-refractivity contribution in [1.82, 2.24) is 10.3 Å². The lowest BCUT2D eigenvalue weighted by Gasteiger charge is -2.31. The normalized spacial score (nSPS) is 16.9. The first-order valence-electron chi connectivity index (χ1n) is 7.27. The van der Waals surface area contributed by atoms with Gasteiger partial charge in [0.2, 0.25) is 0 Å². The van der Waals surface area contributed by atoms with Crippen LogP contribution in [0.4, 0.5) is 5.13 Å². The summed E-state index contributed by atoms with van der Waals surface area (Å²) in [6, 6.07) is 0. The summed E-state index contributed by atoms with van der Waals surface area (Å²) < 4.78 is 10.9. The van der Waals surface area contributed by atoms with Gasteiger partial charge in [-0.2, -0.15) is 0 Å². The number of hydrogen-bond acceptors (Lipinski definition) is 6. The predicted molar refractivity (Wildman–Crippen MR) is 82.5 cm³/mol. The molecule has 1 saturated heterocycles. The Morgan fingerprint density at radius 2 is 2.15 bits per heavy atom. The van der Waals surface area contributed by atoms with Crippen LogP contribution in [0, 0.1) is 0 Å². The molecule has 0 bridgehead atoms. The highest BCUT2D eigenvalue weighted by Crippen LogP contribution is 2.29. The minimum atomic E-state index is 0.423. The van der Waals surface area contributed by atoms with Gasteiger partial charge in [0.25, 0.3) is 0 Å². The quantitative estimate of drug-likeness (QED) is 0.834. The maximum Gasteiger partial charge on any atom is 0.185 e. The van der Waals surface area contributed by atoms with Gasteiger partial charge >= 0.3 is 0 Å². The van der Waals surface area contributed by atoms with Crippen molar-refractivity contribution < 1.29 is 9.47 Å². The third-order valence-corrected chi connectivity index (χ3v) is 4.66. The van der Waals surface area contributed by atoms with Gasteiger partial charge in [0, 0.05) is 38.2 Å². The Balaban J connectivity index is 2.00. The smallest absolute Gasteiger partial charge is 0.185 e. The summed E-state index contributed by atoms with van der Waals surface area (Å²) in [5.74, 6) is 0. The molecule has 0 aliphatic carbocycles. The average Bonchev–Trinajstić information content (AvgIpc) is 2.84. The van der Waals surface area contributed by atoms with E-state index in [1.165, 1.54) is 4.88 Å². The molecule has 0 radical (unpaired) electrons. The topological polar surface area (TPSA) is 46.6 Å². The van der Waals surface area contributed by atoms with E-state index >= 15 is 0 Å². The average molecular weight is 299 g/mol. The SMILES string of the molecule is CCOC1CCN(c2nc(COC)c(CNC)s2)CC1. The minimum absolute atomic E-state index is 0.423. The zero-order chi connectivity index (χ0) is 14.4. The standard InChI is InChI=1S/C14H25N3O2S/c1-4-19-11-5-7-17(8-6-11)14-16-12(10-18-3)13(20-14)9-15-2/h11,15H,4-10H2,1-3H3. The summed E-state index contributed by atoms with van der Waals surface area (Å²) in [4.78, 5) is 8.40. The van der Waals surface area contributed by atoms with Gasteiger partial charge in [-0.25, -0.2) is 4.98 Å². The molecule has 1 aliphatic heterocycles. The Bertz CT molecular complexity index is 380. The van der Waals surface area contributed by atoms with Crippen molar-refractivity contribution in [3.8, 4) is 0 Å². The van der Waals surface area contributed by atoms with Crippen molar-refractivity contribution in [3.05, 3.63) is 10.6 Å². The zero-order valence-electron chi connectivity index (χ0n) is 12.6. The number of rotatable bonds is 7. The molecule has 2 heterocycles. The van der Waals surface area contributed by atoms with E-state index in [4.69, 9.17) is 14.5 Å². The fraction of sp³-hybridized carbons (Fsp3) is 0.786.